The van der Waals surface area contributed by atoms with E-state index in [4.69, 9.17) is 4.74 Å². The second-order valence-electron chi connectivity index (χ2n) is 4.66. The number of aromatic nitrogens is 1. The highest BCUT2D eigenvalue weighted by Gasteiger charge is 2.13. The summed E-state index contributed by atoms with van der Waals surface area (Å²) in [5, 5.41) is 0. The Morgan fingerprint density at radius 3 is 2.75 bits per heavy atom. The monoisotopic (exact) mass is 270 g/mol. The van der Waals surface area contributed by atoms with Gasteiger partial charge in [-0.1, -0.05) is 18.2 Å². The van der Waals surface area contributed by atoms with E-state index in [-0.39, 0.29) is 5.78 Å². The van der Waals surface area contributed by atoms with Crippen molar-refractivity contribution in [3.05, 3.63) is 59.9 Å². The van der Waals surface area contributed by atoms with Gasteiger partial charge >= 0.3 is 0 Å². The van der Waals surface area contributed by atoms with E-state index in [0.29, 0.717) is 24.4 Å². The number of benzene rings is 1. The zero-order chi connectivity index (χ0) is 14.4. The topological polar surface area (TPSA) is 42.4 Å². The molecule has 0 radical (unpaired) electrons. The lowest BCUT2D eigenvalue weighted by atomic mass is 10.1. The van der Waals surface area contributed by atoms with E-state index in [0.717, 1.165) is 5.56 Å². The lowest BCUT2D eigenvalue weighted by Gasteiger charge is -2.16. The van der Waals surface area contributed by atoms with Crippen molar-refractivity contribution in [3.63, 3.8) is 0 Å². The molecular formula is C16H18N2O2. The van der Waals surface area contributed by atoms with Crippen molar-refractivity contribution in [2.24, 2.45) is 0 Å². The minimum atomic E-state index is 0.0499. The summed E-state index contributed by atoms with van der Waals surface area (Å²) in [6.07, 6.45) is 3.55. The highest BCUT2D eigenvalue weighted by atomic mass is 16.5. The summed E-state index contributed by atoms with van der Waals surface area (Å²) in [6, 6.07) is 11.2. The standard InChI is InChI=1S/C16H18N2O2/c1-18(11-13-6-5-9-17-10-13)12-15(19)14-7-3-4-8-16(14)20-2/h3-10H,11-12H2,1-2H3. The number of hydrogen-bond donors (Lipinski definition) is 0. The normalized spacial score (nSPS) is 10.6. The fraction of sp³-hybridized carbons (Fsp3) is 0.250. The SMILES string of the molecule is COc1ccccc1C(=O)CN(C)Cc1cccnc1. The molecule has 0 saturated carbocycles. The number of ketones is 1. The molecule has 0 aliphatic rings. The summed E-state index contributed by atoms with van der Waals surface area (Å²) < 4.78 is 5.22. The van der Waals surface area contributed by atoms with Gasteiger partial charge in [0.15, 0.2) is 5.78 Å². The number of hydrogen-bond acceptors (Lipinski definition) is 4. The van der Waals surface area contributed by atoms with E-state index in [1.165, 1.54) is 0 Å². The minimum absolute atomic E-state index is 0.0499. The van der Waals surface area contributed by atoms with Gasteiger partial charge in [-0.3, -0.25) is 14.7 Å². The molecule has 0 unspecified atom stereocenters. The van der Waals surface area contributed by atoms with Gasteiger partial charge in [0.25, 0.3) is 0 Å². The van der Waals surface area contributed by atoms with Gasteiger partial charge in [0, 0.05) is 18.9 Å². The highest BCUT2D eigenvalue weighted by molar-refractivity contribution is 6.00. The smallest absolute Gasteiger partial charge is 0.180 e. The average molecular weight is 270 g/mol. The molecule has 2 aromatic rings. The molecule has 0 bridgehead atoms. The third-order valence-electron chi connectivity index (χ3n) is 3.00. The van der Waals surface area contributed by atoms with Crippen molar-refractivity contribution in [3.8, 4) is 5.75 Å². The number of nitrogens with zero attached hydrogens (tertiary/aromatic N) is 2. The van der Waals surface area contributed by atoms with Crippen molar-refractivity contribution < 1.29 is 9.53 Å². The fourth-order valence-corrected chi connectivity index (χ4v) is 2.06. The van der Waals surface area contributed by atoms with E-state index in [1.54, 1.807) is 25.4 Å². The highest BCUT2D eigenvalue weighted by Crippen LogP contribution is 2.18. The predicted octanol–water partition coefficient (Wildman–Crippen LogP) is 2.40. The molecule has 0 amide bonds. The van der Waals surface area contributed by atoms with Crippen molar-refractivity contribution in [2.45, 2.75) is 6.54 Å². The maximum Gasteiger partial charge on any atom is 0.180 e. The first-order chi connectivity index (χ1) is 9.70. The predicted molar refractivity (Wildman–Crippen MR) is 77.9 cm³/mol. The number of ether oxygens (including phenoxy) is 1. The largest absolute Gasteiger partial charge is 0.496 e. The summed E-state index contributed by atoms with van der Waals surface area (Å²) in [4.78, 5) is 18.3. The molecule has 0 aliphatic heterocycles. The molecule has 4 heteroatoms. The van der Waals surface area contributed by atoms with Gasteiger partial charge in [-0.15, -0.1) is 0 Å². The number of para-hydroxylation sites is 1. The summed E-state index contributed by atoms with van der Waals surface area (Å²) in [6.45, 7) is 1.03. The number of methoxy groups -OCH3 is 1. The zero-order valence-electron chi connectivity index (χ0n) is 11.7. The van der Waals surface area contributed by atoms with E-state index in [2.05, 4.69) is 4.98 Å². The van der Waals surface area contributed by atoms with Crippen LogP contribution in [-0.4, -0.2) is 36.4 Å². The zero-order valence-corrected chi connectivity index (χ0v) is 11.7. The molecule has 4 nitrogen and oxygen atoms in total. The lowest BCUT2D eigenvalue weighted by molar-refractivity contribution is 0.0940. The first-order valence-corrected chi connectivity index (χ1v) is 6.44. The van der Waals surface area contributed by atoms with Gasteiger partial charge in [0.05, 0.1) is 19.2 Å². The van der Waals surface area contributed by atoms with Gasteiger partial charge in [-0.05, 0) is 30.8 Å². The van der Waals surface area contributed by atoms with Crippen LogP contribution in [0.15, 0.2) is 48.8 Å². The van der Waals surface area contributed by atoms with Crippen LogP contribution >= 0.6 is 0 Å². The third-order valence-corrected chi connectivity index (χ3v) is 3.00. The first-order valence-electron chi connectivity index (χ1n) is 6.44. The van der Waals surface area contributed by atoms with Gasteiger partial charge < -0.3 is 4.74 Å². The number of rotatable bonds is 6. The maximum atomic E-state index is 12.3. The first kappa shape index (κ1) is 14.2. The Kier molecular flexibility index (Phi) is 4.85. The molecule has 2 rings (SSSR count). The molecule has 0 atom stereocenters. The molecule has 0 saturated heterocycles. The van der Waals surface area contributed by atoms with Crippen LogP contribution < -0.4 is 4.74 Å². The molecule has 1 aromatic carbocycles. The Labute approximate surface area is 119 Å². The van der Waals surface area contributed by atoms with Crippen LogP contribution in [0.4, 0.5) is 0 Å². The van der Waals surface area contributed by atoms with E-state index in [9.17, 15) is 4.79 Å². The number of pyridine rings is 1. The van der Waals surface area contributed by atoms with E-state index >= 15 is 0 Å². The number of Topliss-reactive ketones (excluding diaryl/α,β-unsaturated/α-hetero) is 1. The van der Waals surface area contributed by atoms with Crippen molar-refractivity contribution in [1.82, 2.24) is 9.88 Å². The molecule has 104 valence electrons. The third kappa shape index (κ3) is 3.65. The quantitative estimate of drug-likeness (QED) is 0.756. The van der Waals surface area contributed by atoms with Crippen LogP contribution in [0.3, 0.4) is 0 Å². The molecular weight excluding hydrogens is 252 g/mol. The molecule has 0 fully saturated rings. The molecule has 1 aromatic heterocycles. The van der Waals surface area contributed by atoms with Gasteiger partial charge in [0.1, 0.15) is 5.75 Å². The molecule has 0 spiro atoms. The van der Waals surface area contributed by atoms with Crippen LogP contribution in [0, 0.1) is 0 Å². The van der Waals surface area contributed by atoms with Crippen molar-refractivity contribution in [2.75, 3.05) is 20.7 Å². The van der Waals surface area contributed by atoms with E-state index in [1.807, 2.05) is 42.4 Å². The van der Waals surface area contributed by atoms with Crippen LogP contribution in [0.2, 0.25) is 0 Å². The Bertz CT molecular complexity index is 570. The summed E-state index contributed by atoms with van der Waals surface area (Å²) >= 11 is 0. The van der Waals surface area contributed by atoms with Crippen LogP contribution in [0.25, 0.3) is 0 Å². The average Bonchev–Trinajstić information content (AvgIpc) is 2.48. The second-order valence-corrected chi connectivity index (χ2v) is 4.66. The fourth-order valence-electron chi connectivity index (χ4n) is 2.06. The Morgan fingerprint density at radius 2 is 2.05 bits per heavy atom. The van der Waals surface area contributed by atoms with Gasteiger partial charge in [-0.2, -0.15) is 0 Å². The lowest BCUT2D eigenvalue weighted by Crippen LogP contribution is -2.25. The summed E-state index contributed by atoms with van der Waals surface area (Å²) in [7, 11) is 3.49. The molecule has 1 heterocycles. The molecule has 20 heavy (non-hydrogen) atoms. The van der Waals surface area contributed by atoms with Crippen molar-refractivity contribution >= 4 is 5.78 Å². The van der Waals surface area contributed by atoms with Gasteiger partial charge in [0.2, 0.25) is 0 Å². The van der Waals surface area contributed by atoms with Crippen LogP contribution in [0.1, 0.15) is 15.9 Å². The summed E-state index contributed by atoms with van der Waals surface area (Å²) in [5.41, 5.74) is 1.70. The van der Waals surface area contributed by atoms with Crippen LogP contribution in [0.5, 0.6) is 5.75 Å². The second kappa shape index (κ2) is 6.82. The molecule has 0 aliphatic carbocycles. The van der Waals surface area contributed by atoms with Gasteiger partial charge in [-0.25, -0.2) is 0 Å². The number of carbonyl (C=O) groups excluding carboxylic acids is 1. The number of carbonyl (C=O) groups is 1. The number of likely N-dealkylation sites (N-methyl/N-ethyl adjacent to an activating group) is 1. The van der Waals surface area contributed by atoms with E-state index < -0.39 is 0 Å². The Hall–Kier alpha value is -2.20. The van der Waals surface area contributed by atoms with Crippen molar-refractivity contribution in [1.29, 1.82) is 0 Å². The maximum absolute atomic E-state index is 12.3. The Morgan fingerprint density at radius 1 is 1.25 bits per heavy atom. The molecule has 0 N–H and O–H groups in total. The van der Waals surface area contributed by atoms with Crippen LogP contribution in [-0.2, 0) is 6.54 Å². The minimum Gasteiger partial charge on any atom is -0.496 e. The Balaban J connectivity index is 2.00. The summed E-state index contributed by atoms with van der Waals surface area (Å²) in [5.74, 6) is 0.668.